The summed E-state index contributed by atoms with van der Waals surface area (Å²) in [6, 6.07) is 20.6. The second-order valence-corrected chi connectivity index (χ2v) is 9.88. The predicted octanol–water partition coefficient (Wildman–Crippen LogP) is 5.86. The fourth-order valence-electron chi connectivity index (χ4n) is 5.34. The predicted molar refractivity (Wildman–Crippen MR) is 138 cm³/mol. The molecule has 4 aromatic rings. The quantitative estimate of drug-likeness (QED) is 0.344. The van der Waals surface area contributed by atoms with E-state index < -0.39 is 0 Å². The summed E-state index contributed by atoms with van der Waals surface area (Å²) < 4.78 is 15.7. The van der Waals surface area contributed by atoms with Crippen LogP contribution in [0.1, 0.15) is 37.5 Å². The lowest BCUT2D eigenvalue weighted by atomic mass is 10.1. The Morgan fingerprint density at radius 2 is 1.94 bits per heavy atom. The molecule has 2 aromatic carbocycles. The summed E-state index contributed by atoms with van der Waals surface area (Å²) in [6.45, 7) is 3.49. The average molecular weight is 485 g/mol. The molecule has 0 N–H and O–H groups in total. The van der Waals surface area contributed by atoms with E-state index in [1.165, 1.54) is 17.3 Å². The van der Waals surface area contributed by atoms with Crippen molar-refractivity contribution in [2.45, 2.75) is 45.1 Å². The third kappa shape index (κ3) is 4.88. The SMILES string of the molecule is O=C(OCc1ccccc1)N1CCC(Cn2ccc3cc(-c4ccn(C5CCCCO5)n4)ccc32)C1. The summed E-state index contributed by atoms with van der Waals surface area (Å²) in [7, 11) is 0. The van der Waals surface area contributed by atoms with Gasteiger partial charge in [-0.25, -0.2) is 9.48 Å². The minimum Gasteiger partial charge on any atom is -0.445 e. The number of carbonyl (C=O) groups is 1. The number of ether oxygens (including phenoxy) is 2. The number of rotatable bonds is 6. The summed E-state index contributed by atoms with van der Waals surface area (Å²) in [5.74, 6) is 0.413. The smallest absolute Gasteiger partial charge is 0.410 e. The first-order valence-corrected chi connectivity index (χ1v) is 12.9. The molecule has 2 aliphatic rings. The van der Waals surface area contributed by atoms with E-state index in [0.29, 0.717) is 12.5 Å². The number of amides is 1. The van der Waals surface area contributed by atoms with Crippen LogP contribution in [0.25, 0.3) is 22.2 Å². The van der Waals surface area contributed by atoms with Crippen molar-refractivity contribution in [1.29, 1.82) is 0 Å². The Kier molecular flexibility index (Phi) is 6.47. The van der Waals surface area contributed by atoms with Crippen LogP contribution in [0.4, 0.5) is 4.79 Å². The summed E-state index contributed by atoms with van der Waals surface area (Å²) in [4.78, 5) is 14.4. The van der Waals surface area contributed by atoms with Gasteiger partial charge in [0.05, 0.1) is 5.69 Å². The molecular formula is C29H32N4O3. The molecule has 4 heterocycles. The minimum atomic E-state index is -0.221. The largest absolute Gasteiger partial charge is 0.445 e. The van der Waals surface area contributed by atoms with Crippen LogP contribution in [0, 0.1) is 5.92 Å². The molecule has 2 aromatic heterocycles. The number of hydrogen-bond acceptors (Lipinski definition) is 4. The Morgan fingerprint density at radius 3 is 2.81 bits per heavy atom. The number of carbonyl (C=O) groups excluding carboxylic acids is 1. The van der Waals surface area contributed by atoms with E-state index in [1.807, 2.05) is 46.1 Å². The van der Waals surface area contributed by atoms with Gasteiger partial charge in [-0.2, -0.15) is 5.10 Å². The van der Waals surface area contributed by atoms with Crippen molar-refractivity contribution < 1.29 is 14.3 Å². The van der Waals surface area contributed by atoms with Crippen LogP contribution in [0.3, 0.4) is 0 Å². The van der Waals surface area contributed by atoms with E-state index in [0.717, 1.165) is 62.3 Å². The highest BCUT2D eigenvalue weighted by Gasteiger charge is 2.28. The lowest BCUT2D eigenvalue weighted by Crippen LogP contribution is -2.29. The molecule has 2 fully saturated rings. The molecule has 7 nitrogen and oxygen atoms in total. The molecule has 2 aliphatic heterocycles. The van der Waals surface area contributed by atoms with Gasteiger partial charge in [-0.05, 0) is 61.4 Å². The fourth-order valence-corrected chi connectivity index (χ4v) is 5.34. The Balaban J connectivity index is 1.08. The average Bonchev–Trinajstić information content (AvgIpc) is 3.69. The Labute approximate surface area is 211 Å². The van der Waals surface area contributed by atoms with Crippen molar-refractivity contribution in [3.8, 4) is 11.3 Å². The highest BCUT2D eigenvalue weighted by atomic mass is 16.6. The minimum absolute atomic E-state index is 0.0545. The molecular weight excluding hydrogens is 452 g/mol. The van der Waals surface area contributed by atoms with Gasteiger partial charge in [0.2, 0.25) is 0 Å². The van der Waals surface area contributed by atoms with Crippen molar-refractivity contribution in [2.75, 3.05) is 19.7 Å². The van der Waals surface area contributed by atoms with E-state index in [2.05, 4.69) is 41.1 Å². The molecule has 2 atom stereocenters. The number of hydrogen-bond donors (Lipinski definition) is 0. The van der Waals surface area contributed by atoms with E-state index in [-0.39, 0.29) is 12.3 Å². The lowest BCUT2D eigenvalue weighted by molar-refractivity contribution is -0.0393. The monoisotopic (exact) mass is 484 g/mol. The number of benzene rings is 2. The molecule has 0 radical (unpaired) electrons. The van der Waals surface area contributed by atoms with Gasteiger partial charge >= 0.3 is 6.09 Å². The van der Waals surface area contributed by atoms with Gasteiger partial charge in [-0.15, -0.1) is 0 Å². The standard InChI is InChI=1S/C29H32N4O3/c34-29(36-21-22-6-2-1-3-7-22)32-14-11-23(20-32)19-31-15-12-25-18-24(9-10-27(25)31)26-13-16-33(30-26)28-8-4-5-17-35-28/h1-3,6-7,9-10,12-13,15-16,18,23,28H,4-5,8,11,14,17,19-21H2. The van der Waals surface area contributed by atoms with Gasteiger partial charge in [-0.1, -0.05) is 36.4 Å². The summed E-state index contributed by atoms with van der Waals surface area (Å²) in [5.41, 5.74) is 4.30. The van der Waals surface area contributed by atoms with Crippen LogP contribution < -0.4 is 0 Å². The summed E-state index contributed by atoms with van der Waals surface area (Å²) in [6.07, 6.45) is 8.34. The fraction of sp³-hybridized carbons (Fsp3) is 0.379. The van der Waals surface area contributed by atoms with Gasteiger partial charge in [0.1, 0.15) is 12.8 Å². The normalized spacial score (nSPS) is 20.2. The topological polar surface area (TPSA) is 61.5 Å². The van der Waals surface area contributed by atoms with Crippen LogP contribution in [0.15, 0.2) is 73.1 Å². The van der Waals surface area contributed by atoms with E-state index in [1.54, 1.807) is 0 Å². The van der Waals surface area contributed by atoms with Crippen LogP contribution in [0.5, 0.6) is 0 Å². The molecule has 6 rings (SSSR count). The Morgan fingerprint density at radius 1 is 1.03 bits per heavy atom. The molecule has 7 heteroatoms. The number of aromatic nitrogens is 3. The molecule has 0 spiro atoms. The molecule has 36 heavy (non-hydrogen) atoms. The van der Waals surface area contributed by atoms with Crippen LogP contribution in [-0.4, -0.2) is 45.0 Å². The van der Waals surface area contributed by atoms with Crippen molar-refractivity contribution in [3.05, 3.63) is 78.6 Å². The van der Waals surface area contributed by atoms with Crippen LogP contribution >= 0.6 is 0 Å². The number of fused-ring (bicyclic) bond motifs is 1. The summed E-state index contributed by atoms with van der Waals surface area (Å²) >= 11 is 0. The number of likely N-dealkylation sites (tertiary alicyclic amines) is 1. The van der Waals surface area contributed by atoms with Crippen LogP contribution in [0.2, 0.25) is 0 Å². The highest BCUT2D eigenvalue weighted by Crippen LogP contribution is 2.28. The molecule has 186 valence electrons. The number of nitrogens with zero attached hydrogens (tertiary/aromatic N) is 4. The maximum absolute atomic E-state index is 12.5. The maximum Gasteiger partial charge on any atom is 0.410 e. The van der Waals surface area contributed by atoms with E-state index >= 15 is 0 Å². The van der Waals surface area contributed by atoms with Crippen LogP contribution in [-0.2, 0) is 22.6 Å². The third-order valence-electron chi connectivity index (χ3n) is 7.33. The molecule has 1 amide bonds. The molecule has 0 saturated carbocycles. The van der Waals surface area contributed by atoms with Gasteiger partial charge in [0.15, 0.2) is 0 Å². The zero-order chi connectivity index (χ0) is 24.3. The second-order valence-electron chi connectivity index (χ2n) is 9.88. The van der Waals surface area contributed by atoms with Crippen molar-refractivity contribution in [1.82, 2.24) is 19.2 Å². The van der Waals surface area contributed by atoms with Crippen molar-refractivity contribution in [3.63, 3.8) is 0 Å². The van der Waals surface area contributed by atoms with Gasteiger partial charge in [0, 0.05) is 55.1 Å². The summed E-state index contributed by atoms with van der Waals surface area (Å²) in [5, 5.41) is 6.00. The zero-order valence-corrected chi connectivity index (χ0v) is 20.5. The van der Waals surface area contributed by atoms with E-state index in [9.17, 15) is 4.79 Å². The Bertz CT molecular complexity index is 1320. The third-order valence-corrected chi connectivity index (χ3v) is 7.33. The molecule has 0 aliphatic carbocycles. The first-order chi connectivity index (χ1) is 17.7. The van der Waals surface area contributed by atoms with Gasteiger partial charge < -0.3 is 18.9 Å². The zero-order valence-electron chi connectivity index (χ0n) is 20.5. The Hall–Kier alpha value is -3.58. The molecule has 2 unspecified atom stereocenters. The molecule has 0 bridgehead atoms. The van der Waals surface area contributed by atoms with Gasteiger partial charge in [-0.3, -0.25) is 0 Å². The maximum atomic E-state index is 12.5. The first kappa shape index (κ1) is 22.9. The van der Waals surface area contributed by atoms with Gasteiger partial charge in [0.25, 0.3) is 0 Å². The van der Waals surface area contributed by atoms with E-state index in [4.69, 9.17) is 14.6 Å². The second kappa shape index (κ2) is 10.2. The first-order valence-electron chi connectivity index (χ1n) is 12.9. The molecule has 2 saturated heterocycles. The van der Waals surface area contributed by atoms with Crippen molar-refractivity contribution in [2.24, 2.45) is 5.92 Å². The highest BCUT2D eigenvalue weighted by molar-refractivity contribution is 5.85. The lowest BCUT2D eigenvalue weighted by Gasteiger charge is -2.22. The van der Waals surface area contributed by atoms with Crippen molar-refractivity contribution >= 4 is 17.0 Å².